The zero-order valence-electron chi connectivity index (χ0n) is 21.5. The van der Waals surface area contributed by atoms with Gasteiger partial charge in [0.25, 0.3) is 6.47 Å². The molecule has 0 rings (SSSR count). The lowest BCUT2D eigenvalue weighted by atomic mass is 9.90. The van der Waals surface area contributed by atoms with Crippen LogP contribution in [0.4, 0.5) is 0 Å². The van der Waals surface area contributed by atoms with E-state index >= 15 is 0 Å². The summed E-state index contributed by atoms with van der Waals surface area (Å²) >= 11 is 0. The zero-order chi connectivity index (χ0) is 29.7. The Morgan fingerprint density at radius 3 is 0.949 bits per heavy atom. The molecule has 0 bridgehead atoms. The maximum atomic E-state index is 11.8. The van der Waals surface area contributed by atoms with Gasteiger partial charge in [-0.05, 0) is 0 Å². The van der Waals surface area contributed by atoms with Crippen LogP contribution in [-0.2, 0) is 61.9 Å². The highest BCUT2D eigenvalue weighted by atomic mass is 16.6. The van der Waals surface area contributed by atoms with E-state index in [9.17, 15) is 28.8 Å². The minimum absolute atomic E-state index is 0.127. The molecule has 0 aliphatic carbocycles. The number of carbonyl (C=O) groups is 6. The summed E-state index contributed by atoms with van der Waals surface area (Å²) in [6.45, 7) is 13.1. The lowest BCUT2D eigenvalue weighted by Gasteiger charge is -2.35. The summed E-state index contributed by atoms with van der Waals surface area (Å²) in [4.78, 5) is 69.6. The summed E-state index contributed by atoms with van der Waals surface area (Å²) in [7, 11) is 0. The molecule has 13 nitrogen and oxygen atoms in total. The normalized spacial score (nSPS) is 10.6. The summed E-state index contributed by atoms with van der Waals surface area (Å²) in [6, 6.07) is 0. The zero-order valence-corrected chi connectivity index (χ0v) is 21.5. The molecule has 0 saturated heterocycles. The van der Waals surface area contributed by atoms with Crippen LogP contribution in [0, 0.1) is 10.8 Å². The summed E-state index contributed by atoms with van der Waals surface area (Å²) in [6.07, 6.45) is 4.45. The van der Waals surface area contributed by atoms with Crippen molar-refractivity contribution in [2.45, 2.75) is 0 Å². The molecule has 13 heteroatoms. The highest BCUT2D eigenvalue weighted by molar-refractivity contribution is 5.82. The predicted octanol–water partition coefficient (Wildman–Crippen LogP) is 0.795. The van der Waals surface area contributed by atoms with E-state index in [-0.39, 0.29) is 6.47 Å². The van der Waals surface area contributed by atoms with Gasteiger partial charge in [0.05, 0.1) is 24.0 Å². The predicted molar refractivity (Wildman–Crippen MR) is 133 cm³/mol. The van der Waals surface area contributed by atoms with Gasteiger partial charge in [0.1, 0.15) is 39.6 Å². The molecule has 0 aliphatic heterocycles. The Kier molecular flexibility index (Phi) is 16.5. The van der Waals surface area contributed by atoms with E-state index in [1.54, 1.807) is 0 Å². The van der Waals surface area contributed by atoms with Crippen LogP contribution in [0.3, 0.4) is 0 Å². The Bertz CT molecular complexity index is 850. The maximum absolute atomic E-state index is 11.8. The number of ether oxygens (including phenoxy) is 7. The Morgan fingerprint density at radius 2 is 0.718 bits per heavy atom. The highest BCUT2D eigenvalue weighted by Crippen LogP contribution is 2.26. The highest BCUT2D eigenvalue weighted by Gasteiger charge is 2.40. The number of hydrogen-bond donors (Lipinski definition) is 0. The maximum Gasteiger partial charge on any atom is 0.330 e. The minimum atomic E-state index is -1.47. The number of carbonyl (C=O) groups excluding carboxylic acids is 6. The first kappa shape index (κ1) is 34.5. The van der Waals surface area contributed by atoms with Crippen LogP contribution in [-0.4, -0.2) is 89.2 Å². The van der Waals surface area contributed by atoms with Crippen LogP contribution in [0.2, 0.25) is 0 Å². The first-order chi connectivity index (χ1) is 18.5. The van der Waals surface area contributed by atoms with E-state index in [2.05, 4.69) is 32.9 Å². The Hall–Kier alpha value is -4.52. The molecule has 214 valence electrons. The van der Waals surface area contributed by atoms with Crippen LogP contribution in [0.25, 0.3) is 0 Å². The molecule has 0 aromatic carbocycles. The van der Waals surface area contributed by atoms with Crippen LogP contribution < -0.4 is 0 Å². The lowest BCUT2D eigenvalue weighted by Crippen LogP contribution is -2.46. The van der Waals surface area contributed by atoms with Crippen LogP contribution in [0.1, 0.15) is 0 Å². The molecule has 0 spiro atoms. The van der Waals surface area contributed by atoms with Crippen molar-refractivity contribution in [3.63, 3.8) is 0 Å². The molecule has 0 aromatic heterocycles. The topological polar surface area (TPSA) is 167 Å². The molecule has 0 amide bonds. The van der Waals surface area contributed by atoms with Crippen LogP contribution in [0.5, 0.6) is 0 Å². The van der Waals surface area contributed by atoms with Gasteiger partial charge < -0.3 is 33.2 Å². The van der Waals surface area contributed by atoms with E-state index in [1.165, 1.54) is 0 Å². The first-order valence-electron chi connectivity index (χ1n) is 11.1. The molecular formula is C26H32O13. The molecule has 0 N–H and O–H groups in total. The Balaban J connectivity index is 6.14. The second-order valence-corrected chi connectivity index (χ2v) is 7.96. The van der Waals surface area contributed by atoms with E-state index in [0.717, 1.165) is 30.4 Å². The van der Waals surface area contributed by atoms with Gasteiger partial charge in [-0.1, -0.05) is 32.9 Å². The first-order valence-corrected chi connectivity index (χ1v) is 11.1. The average Bonchev–Trinajstić information content (AvgIpc) is 2.96. The second kappa shape index (κ2) is 18.7. The Morgan fingerprint density at radius 1 is 0.462 bits per heavy atom. The van der Waals surface area contributed by atoms with Gasteiger partial charge in [-0.2, -0.15) is 0 Å². The molecule has 0 saturated carbocycles. The Labute approximate surface area is 225 Å². The van der Waals surface area contributed by atoms with Crippen LogP contribution >= 0.6 is 0 Å². The number of hydrogen-bond acceptors (Lipinski definition) is 13. The summed E-state index contributed by atoms with van der Waals surface area (Å²) in [5.74, 6) is -4.12. The van der Waals surface area contributed by atoms with Gasteiger partial charge in [-0.15, -0.1) is 0 Å². The fourth-order valence-corrected chi connectivity index (χ4v) is 2.61. The van der Waals surface area contributed by atoms with Crippen molar-refractivity contribution < 1.29 is 61.9 Å². The molecule has 0 heterocycles. The molecular weight excluding hydrogens is 520 g/mol. The third kappa shape index (κ3) is 14.1. The molecule has 0 aliphatic rings. The van der Waals surface area contributed by atoms with Gasteiger partial charge in [-0.3, -0.25) is 4.79 Å². The molecule has 39 heavy (non-hydrogen) atoms. The standard InChI is InChI=1S/C26H32O13/c1-6-20(28)35-14-25(13-34-19-27,15-36-21(29)7-2)11-33-12-26(16-37-22(30)8-3,17-38-23(31)9-4)18-39-24(32)10-5/h6-10,19H,1-5,11-18H2. The molecule has 0 aromatic rings. The van der Waals surface area contributed by atoms with Crippen molar-refractivity contribution in [1.29, 1.82) is 0 Å². The summed E-state index contributed by atoms with van der Waals surface area (Å²) in [5, 5.41) is 0. The second-order valence-electron chi connectivity index (χ2n) is 7.96. The van der Waals surface area contributed by atoms with Crippen molar-refractivity contribution in [3.05, 3.63) is 63.3 Å². The van der Waals surface area contributed by atoms with Crippen molar-refractivity contribution in [2.75, 3.05) is 52.9 Å². The fourth-order valence-electron chi connectivity index (χ4n) is 2.61. The smallest absolute Gasteiger partial charge is 0.330 e. The monoisotopic (exact) mass is 552 g/mol. The largest absolute Gasteiger partial charge is 0.467 e. The van der Waals surface area contributed by atoms with E-state index < -0.39 is 93.5 Å². The van der Waals surface area contributed by atoms with E-state index in [0.29, 0.717) is 0 Å². The van der Waals surface area contributed by atoms with Gasteiger partial charge >= 0.3 is 29.8 Å². The lowest BCUT2D eigenvalue weighted by molar-refractivity contribution is -0.168. The van der Waals surface area contributed by atoms with E-state index in [1.807, 2.05) is 0 Å². The summed E-state index contributed by atoms with van der Waals surface area (Å²) < 4.78 is 36.2. The number of esters is 5. The number of rotatable bonds is 22. The SMILES string of the molecule is C=CC(=O)OCC(COC=O)(COCC(COC(=O)C=C)(COC(=O)C=C)COC(=O)C=C)COC(=O)C=C. The fraction of sp³-hybridized carbons (Fsp3) is 0.385. The molecule has 0 radical (unpaired) electrons. The van der Waals surface area contributed by atoms with Gasteiger partial charge in [-0.25, -0.2) is 24.0 Å². The van der Waals surface area contributed by atoms with Gasteiger partial charge in [0.2, 0.25) is 0 Å². The summed E-state index contributed by atoms with van der Waals surface area (Å²) in [5.41, 5.74) is -2.90. The van der Waals surface area contributed by atoms with Crippen molar-refractivity contribution in [2.24, 2.45) is 10.8 Å². The minimum Gasteiger partial charge on any atom is -0.467 e. The average molecular weight is 553 g/mol. The van der Waals surface area contributed by atoms with Crippen LogP contribution in [0.15, 0.2) is 63.3 Å². The third-order valence-corrected chi connectivity index (χ3v) is 4.71. The van der Waals surface area contributed by atoms with Crippen molar-refractivity contribution in [1.82, 2.24) is 0 Å². The van der Waals surface area contributed by atoms with Crippen molar-refractivity contribution >= 4 is 36.3 Å². The quantitative estimate of drug-likeness (QED) is 0.0801. The van der Waals surface area contributed by atoms with E-state index in [4.69, 9.17) is 33.2 Å². The molecule has 0 fully saturated rings. The third-order valence-electron chi connectivity index (χ3n) is 4.71. The van der Waals surface area contributed by atoms with Gasteiger partial charge in [0.15, 0.2) is 0 Å². The molecule has 0 unspecified atom stereocenters. The molecule has 0 atom stereocenters. The van der Waals surface area contributed by atoms with Crippen molar-refractivity contribution in [3.8, 4) is 0 Å². The van der Waals surface area contributed by atoms with Gasteiger partial charge in [0, 0.05) is 30.4 Å².